The molecule has 0 aromatic rings. The van der Waals surface area contributed by atoms with Crippen molar-refractivity contribution in [1.82, 2.24) is 0 Å². The van der Waals surface area contributed by atoms with Crippen molar-refractivity contribution < 1.29 is 24.0 Å². The third-order valence-corrected chi connectivity index (χ3v) is 4.03. The summed E-state index contributed by atoms with van der Waals surface area (Å²) in [5.74, 6) is -0.703. The normalized spacial score (nSPS) is 31.2. The predicted molar refractivity (Wildman–Crippen MR) is 72.1 cm³/mol. The van der Waals surface area contributed by atoms with Gasteiger partial charge in [0.25, 0.3) is 0 Å². The molecule has 1 saturated heterocycles. The summed E-state index contributed by atoms with van der Waals surface area (Å²) < 4.78 is 11.0. The van der Waals surface area contributed by atoms with Crippen LogP contribution in [0.4, 0.5) is 0 Å². The first-order valence-corrected chi connectivity index (χ1v) is 7.06. The van der Waals surface area contributed by atoms with Crippen LogP contribution in [0.25, 0.3) is 0 Å². The number of nitrogens with zero attached hydrogens (tertiary/aromatic N) is 1. The second kappa shape index (κ2) is 4.91. The van der Waals surface area contributed by atoms with Gasteiger partial charge in [-0.15, -0.1) is 0 Å². The van der Waals surface area contributed by atoms with E-state index < -0.39 is 17.7 Å². The molecule has 2 heterocycles. The summed E-state index contributed by atoms with van der Waals surface area (Å²) in [5, 5.41) is 12.1. The molecule has 0 aromatic heterocycles. The Labute approximate surface area is 119 Å². The molecule has 0 aliphatic carbocycles. The van der Waals surface area contributed by atoms with E-state index in [1.165, 1.54) is 0 Å². The summed E-state index contributed by atoms with van der Waals surface area (Å²) in [6.07, 6.45) is 1.11. The van der Waals surface area contributed by atoms with Crippen LogP contribution in [0.5, 0.6) is 0 Å². The predicted octanol–water partition coefficient (Wildman–Crippen LogP) is 1.80. The number of hydrogen-bond donors (Lipinski definition) is 0. The van der Waals surface area contributed by atoms with Crippen molar-refractivity contribution in [2.45, 2.75) is 64.8 Å². The highest BCUT2D eigenvalue weighted by Crippen LogP contribution is 2.42. The molecule has 2 aliphatic rings. The average Bonchev–Trinajstić information content (AvgIpc) is 2.25. The first-order chi connectivity index (χ1) is 9.18. The Morgan fingerprint density at radius 2 is 2.10 bits per heavy atom. The lowest BCUT2D eigenvalue weighted by atomic mass is 9.75. The van der Waals surface area contributed by atoms with Crippen LogP contribution in [0.1, 0.15) is 47.5 Å². The lowest BCUT2D eigenvalue weighted by Gasteiger charge is -2.49. The number of esters is 1. The van der Waals surface area contributed by atoms with Crippen LogP contribution in [-0.4, -0.2) is 40.5 Å². The van der Waals surface area contributed by atoms with Crippen molar-refractivity contribution in [3.8, 4) is 0 Å². The molecule has 6 nitrogen and oxygen atoms in total. The maximum atomic E-state index is 12.1. The van der Waals surface area contributed by atoms with Gasteiger partial charge >= 0.3 is 11.7 Å². The summed E-state index contributed by atoms with van der Waals surface area (Å²) in [6.45, 7) is 9.52. The second-order valence-corrected chi connectivity index (χ2v) is 6.50. The summed E-state index contributed by atoms with van der Waals surface area (Å²) in [5.41, 5.74) is -1.12. The Morgan fingerprint density at radius 1 is 1.45 bits per heavy atom. The van der Waals surface area contributed by atoms with Gasteiger partial charge in [0.15, 0.2) is 6.10 Å². The fourth-order valence-corrected chi connectivity index (χ4v) is 2.93. The van der Waals surface area contributed by atoms with Crippen molar-refractivity contribution in [3.63, 3.8) is 0 Å². The highest BCUT2D eigenvalue weighted by molar-refractivity contribution is 6.36. The number of hydrogen-bond acceptors (Lipinski definition) is 5. The lowest BCUT2D eigenvalue weighted by molar-refractivity contribution is -0.774. The molecule has 2 aliphatic heterocycles. The van der Waals surface area contributed by atoms with Gasteiger partial charge < -0.3 is 14.3 Å². The first kappa shape index (κ1) is 15.1. The Balaban J connectivity index is 2.40. The molecular formula is C14H23NO5. The molecule has 2 atom stereocenters. The molecule has 0 aromatic carbocycles. The van der Waals surface area contributed by atoms with Crippen molar-refractivity contribution >= 4 is 11.7 Å². The maximum Gasteiger partial charge on any atom is 0.408 e. The van der Waals surface area contributed by atoms with Crippen LogP contribution in [-0.2, 0) is 19.1 Å². The molecule has 0 spiro atoms. The number of carbonyl (C=O) groups excluding carboxylic acids is 1. The molecule has 0 N–H and O–H groups in total. The third-order valence-electron chi connectivity index (χ3n) is 4.03. The van der Waals surface area contributed by atoms with Gasteiger partial charge in [0.1, 0.15) is 0 Å². The zero-order valence-electron chi connectivity index (χ0n) is 12.8. The molecule has 6 heteroatoms. The monoisotopic (exact) mass is 285 g/mol. The van der Waals surface area contributed by atoms with E-state index >= 15 is 0 Å². The van der Waals surface area contributed by atoms with E-state index in [4.69, 9.17) is 14.3 Å². The van der Waals surface area contributed by atoms with Gasteiger partial charge in [0.05, 0.1) is 22.7 Å². The topological polar surface area (TPSA) is 70.8 Å². The van der Waals surface area contributed by atoms with Crippen LogP contribution < -0.4 is 0 Å². The molecule has 0 bridgehead atoms. The molecule has 1 fully saturated rings. The number of carbonyl (C=O) groups is 1. The van der Waals surface area contributed by atoms with Gasteiger partial charge in [0, 0.05) is 5.92 Å². The minimum atomic E-state index is -0.668. The van der Waals surface area contributed by atoms with Gasteiger partial charge in [-0.1, -0.05) is 0 Å². The zero-order chi connectivity index (χ0) is 15.1. The summed E-state index contributed by atoms with van der Waals surface area (Å²) in [6, 6.07) is 0. The fraction of sp³-hybridized carbons (Fsp3) is 0.857. The number of rotatable bonds is 2. The maximum absolute atomic E-state index is 12.1. The van der Waals surface area contributed by atoms with Crippen LogP contribution in [0.2, 0.25) is 0 Å². The van der Waals surface area contributed by atoms with E-state index in [1.54, 1.807) is 6.92 Å². The fourth-order valence-electron chi connectivity index (χ4n) is 2.93. The van der Waals surface area contributed by atoms with E-state index in [1.807, 2.05) is 27.7 Å². The highest BCUT2D eigenvalue weighted by atomic mass is 16.9. The van der Waals surface area contributed by atoms with Gasteiger partial charge in [-0.05, 0) is 47.5 Å². The van der Waals surface area contributed by atoms with Crippen molar-refractivity contribution in [1.29, 1.82) is 0 Å². The van der Waals surface area contributed by atoms with Gasteiger partial charge in [-0.3, -0.25) is 5.21 Å². The molecular weight excluding hydrogens is 262 g/mol. The molecule has 0 saturated carbocycles. The van der Waals surface area contributed by atoms with Crippen molar-refractivity contribution in [2.75, 3.05) is 6.61 Å². The minimum absolute atomic E-state index is 0.0415. The number of fused-ring (bicyclic) bond motifs is 1. The molecule has 20 heavy (non-hydrogen) atoms. The second-order valence-electron chi connectivity index (χ2n) is 6.50. The molecule has 0 amide bonds. The summed E-state index contributed by atoms with van der Waals surface area (Å²) >= 11 is 0. The lowest BCUT2D eigenvalue weighted by Crippen LogP contribution is -2.61. The quantitative estimate of drug-likeness (QED) is 0.571. The van der Waals surface area contributed by atoms with Crippen LogP contribution in [0, 0.1) is 11.1 Å². The van der Waals surface area contributed by atoms with E-state index in [2.05, 4.69) is 0 Å². The molecule has 0 unspecified atom stereocenters. The van der Waals surface area contributed by atoms with Gasteiger partial charge in [0.2, 0.25) is 0 Å². The van der Waals surface area contributed by atoms with Crippen molar-refractivity contribution in [3.05, 3.63) is 5.21 Å². The Morgan fingerprint density at radius 3 is 2.70 bits per heavy atom. The summed E-state index contributed by atoms with van der Waals surface area (Å²) in [7, 11) is 0. The van der Waals surface area contributed by atoms with Crippen LogP contribution in [0.15, 0.2) is 0 Å². The van der Waals surface area contributed by atoms with Gasteiger partial charge in [-0.2, -0.15) is 0 Å². The van der Waals surface area contributed by atoms with E-state index in [9.17, 15) is 10.0 Å². The van der Waals surface area contributed by atoms with Crippen LogP contribution in [0.3, 0.4) is 0 Å². The van der Waals surface area contributed by atoms with E-state index in [0.29, 0.717) is 0 Å². The Kier molecular flexibility index (Phi) is 3.71. The number of ether oxygens (including phenoxy) is 2. The molecule has 0 radical (unpaired) electrons. The highest BCUT2D eigenvalue weighted by Gasteiger charge is 2.55. The first-order valence-electron chi connectivity index (χ1n) is 7.06. The van der Waals surface area contributed by atoms with E-state index in [-0.39, 0.29) is 28.7 Å². The van der Waals surface area contributed by atoms with E-state index in [0.717, 1.165) is 12.8 Å². The standard InChI is InChI=1S/C14H23NO5/c1-6-18-12(16)10-11-9(7-8-13(2,3)19-11)14(4,5)20-15(10)17/h9,11H,6-8H2,1-5H3/t9-,11+/m1/s1. The minimum Gasteiger partial charge on any atom is -0.458 e. The Hall–Kier alpha value is -1.30. The van der Waals surface area contributed by atoms with Crippen molar-refractivity contribution in [2.24, 2.45) is 5.92 Å². The third kappa shape index (κ3) is 2.61. The Bertz CT molecular complexity index is 441. The zero-order valence-corrected chi connectivity index (χ0v) is 12.8. The van der Waals surface area contributed by atoms with Crippen LogP contribution >= 0.6 is 0 Å². The largest absolute Gasteiger partial charge is 0.458 e. The average molecular weight is 285 g/mol. The molecule has 2 rings (SSSR count). The SMILES string of the molecule is CCOC(=O)C1=[N+]([O-])OC(C)(C)[C@@H]2CCC(C)(C)O[C@H]12. The summed E-state index contributed by atoms with van der Waals surface area (Å²) in [4.78, 5) is 17.7. The molecule has 114 valence electrons. The van der Waals surface area contributed by atoms with Gasteiger partial charge in [-0.25, -0.2) is 4.79 Å². The smallest absolute Gasteiger partial charge is 0.408 e.